The zero-order chi connectivity index (χ0) is 17.8. The lowest BCUT2D eigenvalue weighted by Gasteiger charge is -2.23. The summed E-state index contributed by atoms with van der Waals surface area (Å²) in [5.74, 6) is 0.748. The Bertz CT molecular complexity index is 776. The highest BCUT2D eigenvalue weighted by molar-refractivity contribution is 5.94. The Morgan fingerprint density at radius 2 is 2.00 bits per heavy atom. The number of nitrogens with zero attached hydrogens (tertiary/aromatic N) is 4. The molecule has 1 aliphatic heterocycles. The van der Waals surface area contributed by atoms with E-state index in [2.05, 4.69) is 9.88 Å². The lowest BCUT2D eigenvalue weighted by Crippen LogP contribution is -2.35. The van der Waals surface area contributed by atoms with Crippen molar-refractivity contribution in [1.29, 1.82) is 0 Å². The summed E-state index contributed by atoms with van der Waals surface area (Å²) in [4.78, 5) is 31.1. The lowest BCUT2D eigenvalue weighted by molar-refractivity contribution is -0.385. The van der Waals surface area contributed by atoms with Crippen molar-refractivity contribution in [2.75, 3.05) is 31.1 Å². The van der Waals surface area contributed by atoms with Gasteiger partial charge in [0.15, 0.2) is 0 Å². The molecular weight excluding hydrogens is 320 g/mol. The maximum atomic E-state index is 12.7. The van der Waals surface area contributed by atoms with Gasteiger partial charge in [-0.25, -0.2) is 4.98 Å². The molecule has 3 rings (SSSR count). The van der Waals surface area contributed by atoms with E-state index in [1.54, 1.807) is 6.07 Å². The summed E-state index contributed by atoms with van der Waals surface area (Å²) in [6.07, 6.45) is 2.10. The first-order valence-corrected chi connectivity index (χ1v) is 8.26. The second kappa shape index (κ2) is 7.29. The standard InChI is InChI=1S/C18H20N4O3/c1-14-4-2-5-15(12-14)18(23)21-9-3-8-20(10-11-21)17-7-6-16(13-19-17)22(24)25/h2,4-7,12-13H,3,8-11H2,1H3. The number of benzene rings is 1. The molecule has 0 atom stereocenters. The molecule has 1 amide bonds. The SMILES string of the molecule is Cc1cccc(C(=O)N2CCCN(c3ccc([N+](=O)[O-])cn3)CC2)c1. The number of rotatable bonds is 3. The number of nitro groups is 1. The summed E-state index contributed by atoms with van der Waals surface area (Å²) in [6, 6.07) is 10.7. The van der Waals surface area contributed by atoms with Gasteiger partial charge < -0.3 is 9.80 Å². The molecule has 7 heteroatoms. The van der Waals surface area contributed by atoms with Gasteiger partial charge in [0.05, 0.1) is 4.92 Å². The average Bonchev–Trinajstić information content (AvgIpc) is 2.87. The topological polar surface area (TPSA) is 79.6 Å². The van der Waals surface area contributed by atoms with Gasteiger partial charge in [0.1, 0.15) is 12.0 Å². The van der Waals surface area contributed by atoms with Crippen molar-refractivity contribution >= 4 is 17.4 Å². The highest BCUT2D eigenvalue weighted by Crippen LogP contribution is 2.18. The van der Waals surface area contributed by atoms with Crippen molar-refractivity contribution in [2.24, 2.45) is 0 Å². The molecule has 1 fully saturated rings. The summed E-state index contributed by atoms with van der Waals surface area (Å²) in [5, 5.41) is 10.7. The quantitative estimate of drug-likeness (QED) is 0.634. The molecule has 1 aromatic heterocycles. The Morgan fingerprint density at radius 3 is 2.68 bits per heavy atom. The number of hydrogen-bond acceptors (Lipinski definition) is 5. The molecule has 0 spiro atoms. The number of carbonyl (C=O) groups is 1. The van der Waals surface area contributed by atoms with Crippen LogP contribution in [0.1, 0.15) is 22.3 Å². The molecule has 0 unspecified atom stereocenters. The van der Waals surface area contributed by atoms with Crippen LogP contribution >= 0.6 is 0 Å². The van der Waals surface area contributed by atoms with Crippen LogP contribution in [0.2, 0.25) is 0 Å². The van der Waals surface area contributed by atoms with Gasteiger partial charge in [-0.2, -0.15) is 0 Å². The molecule has 1 aromatic carbocycles. The molecule has 25 heavy (non-hydrogen) atoms. The van der Waals surface area contributed by atoms with Crippen LogP contribution < -0.4 is 4.90 Å². The van der Waals surface area contributed by atoms with Crippen LogP contribution in [-0.4, -0.2) is 46.9 Å². The number of amides is 1. The van der Waals surface area contributed by atoms with Crippen molar-refractivity contribution in [1.82, 2.24) is 9.88 Å². The fraction of sp³-hybridized carbons (Fsp3) is 0.333. The largest absolute Gasteiger partial charge is 0.355 e. The van der Waals surface area contributed by atoms with Gasteiger partial charge >= 0.3 is 0 Å². The third-order valence-corrected chi connectivity index (χ3v) is 4.32. The van der Waals surface area contributed by atoms with Gasteiger partial charge in [-0.15, -0.1) is 0 Å². The third kappa shape index (κ3) is 3.93. The fourth-order valence-electron chi connectivity index (χ4n) is 2.98. The molecule has 2 heterocycles. The highest BCUT2D eigenvalue weighted by atomic mass is 16.6. The van der Waals surface area contributed by atoms with Crippen LogP contribution in [0.15, 0.2) is 42.6 Å². The Labute approximate surface area is 146 Å². The van der Waals surface area contributed by atoms with E-state index in [1.807, 2.05) is 36.1 Å². The normalized spacial score (nSPS) is 14.9. The zero-order valence-corrected chi connectivity index (χ0v) is 14.1. The maximum absolute atomic E-state index is 12.7. The smallest absolute Gasteiger partial charge is 0.287 e. The molecule has 2 aromatic rings. The van der Waals surface area contributed by atoms with Gasteiger partial charge in [-0.3, -0.25) is 14.9 Å². The molecule has 1 saturated heterocycles. The minimum atomic E-state index is -0.457. The molecule has 130 valence electrons. The minimum Gasteiger partial charge on any atom is -0.355 e. The highest BCUT2D eigenvalue weighted by Gasteiger charge is 2.21. The molecule has 1 aliphatic rings. The van der Waals surface area contributed by atoms with E-state index >= 15 is 0 Å². The van der Waals surface area contributed by atoms with E-state index in [0.717, 1.165) is 18.5 Å². The van der Waals surface area contributed by atoms with Gasteiger partial charge in [-0.1, -0.05) is 17.7 Å². The van der Waals surface area contributed by atoms with E-state index < -0.39 is 4.92 Å². The van der Waals surface area contributed by atoms with Crippen molar-refractivity contribution in [3.8, 4) is 0 Å². The second-order valence-electron chi connectivity index (χ2n) is 6.13. The van der Waals surface area contributed by atoms with Crippen LogP contribution in [0.3, 0.4) is 0 Å². The van der Waals surface area contributed by atoms with E-state index in [1.165, 1.54) is 12.3 Å². The number of anilines is 1. The molecular formula is C18H20N4O3. The molecule has 0 radical (unpaired) electrons. The Morgan fingerprint density at radius 1 is 1.16 bits per heavy atom. The molecule has 0 bridgehead atoms. The predicted molar refractivity (Wildman–Crippen MR) is 94.8 cm³/mol. The van der Waals surface area contributed by atoms with Crippen LogP contribution in [0, 0.1) is 17.0 Å². The van der Waals surface area contributed by atoms with E-state index in [4.69, 9.17) is 0 Å². The summed E-state index contributed by atoms with van der Waals surface area (Å²) >= 11 is 0. The van der Waals surface area contributed by atoms with E-state index in [-0.39, 0.29) is 11.6 Å². The number of aryl methyl sites for hydroxylation is 1. The van der Waals surface area contributed by atoms with Crippen molar-refractivity contribution < 1.29 is 9.72 Å². The van der Waals surface area contributed by atoms with E-state index in [0.29, 0.717) is 31.0 Å². The zero-order valence-electron chi connectivity index (χ0n) is 14.1. The van der Waals surface area contributed by atoms with Gasteiger partial charge in [0.2, 0.25) is 0 Å². The fourth-order valence-corrected chi connectivity index (χ4v) is 2.98. The molecule has 0 aliphatic carbocycles. The maximum Gasteiger partial charge on any atom is 0.287 e. The number of aromatic nitrogens is 1. The summed E-state index contributed by atoms with van der Waals surface area (Å²) < 4.78 is 0. The Balaban J connectivity index is 1.67. The Kier molecular flexibility index (Phi) is 4.92. The first-order chi connectivity index (χ1) is 12.0. The van der Waals surface area contributed by atoms with Crippen molar-refractivity contribution in [2.45, 2.75) is 13.3 Å². The van der Waals surface area contributed by atoms with E-state index in [9.17, 15) is 14.9 Å². The first kappa shape index (κ1) is 16.9. The Hall–Kier alpha value is -2.96. The van der Waals surface area contributed by atoms with Crippen LogP contribution in [0.25, 0.3) is 0 Å². The van der Waals surface area contributed by atoms with Gasteiger partial charge in [-0.05, 0) is 31.5 Å². The van der Waals surface area contributed by atoms with Gasteiger partial charge in [0.25, 0.3) is 11.6 Å². The van der Waals surface area contributed by atoms with Crippen LogP contribution in [0.5, 0.6) is 0 Å². The predicted octanol–water partition coefficient (Wildman–Crippen LogP) is 2.65. The second-order valence-corrected chi connectivity index (χ2v) is 6.13. The molecule has 0 N–H and O–H groups in total. The summed E-state index contributed by atoms with van der Waals surface area (Å²) in [7, 11) is 0. The average molecular weight is 340 g/mol. The van der Waals surface area contributed by atoms with Gasteiger partial charge in [0, 0.05) is 37.8 Å². The number of hydrogen-bond donors (Lipinski definition) is 0. The molecule has 7 nitrogen and oxygen atoms in total. The monoisotopic (exact) mass is 340 g/mol. The minimum absolute atomic E-state index is 0.0187. The number of pyridine rings is 1. The summed E-state index contributed by atoms with van der Waals surface area (Å²) in [6.45, 7) is 4.69. The lowest BCUT2D eigenvalue weighted by atomic mass is 10.1. The van der Waals surface area contributed by atoms with Crippen LogP contribution in [0.4, 0.5) is 11.5 Å². The van der Waals surface area contributed by atoms with Crippen LogP contribution in [-0.2, 0) is 0 Å². The van der Waals surface area contributed by atoms with Crippen molar-refractivity contribution in [3.63, 3.8) is 0 Å². The number of carbonyl (C=O) groups excluding carboxylic acids is 1. The van der Waals surface area contributed by atoms with Crippen molar-refractivity contribution in [3.05, 3.63) is 63.8 Å². The molecule has 0 saturated carbocycles. The third-order valence-electron chi connectivity index (χ3n) is 4.32. The first-order valence-electron chi connectivity index (χ1n) is 8.26. The summed E-state index contributed by atoms with van der Waals surface area (Å²) in [5.41, 5.74) is 1.76.